The Morgan fingerprint density at radius 1 is 1.45 bits per heavy atom. The van der Waals surface area contributed by atoms with Gasteiger partial charge in [0.05, 0.1) is 11.5 Å². The van der Waals surface area contributed by atoms with E-state index in [1.807, 2.05) is 11.5 Å². The molecule has 0 bridgehead atoms. The highest BCUT2D eigenvalue weighted by Crippen LogP contribution is 2.28. The second-order valence-corrected chi connectivity index (χ2v) is 3.71. The first-order valence-electron chi connectivity index (χ1n) is 5.74. The molecule has 2 rings (SSSR count). The molecule has 0 radical (unpaired) electrons. The molecule has 0 amide bonds. The van der Waals surface area contributed by atoms with Gasteiger partial charge in [0.2, 0.25) is 11.6 Å². The van der Waals surface area contributed by atoms with Crippen LogP contribution in [0.5, 0.6) is 0 Å². The monoisotopic (exact) mass is 279 g/mol. The molecule has 0 saturated carbocycles. The fourth-order valence-electron chi connectivity index (χ4n) is 1.63. The lowest BCUT2D eigenvalue weighted by Crippen LogP contribution is -2.14. The second-order valence-electron chi connectivity index (χ2n) is 3.71. The Kier molecular flexibility index (Phi) is 4.00. The molecule has 0 unspecified atom stereocenters. The number of hydrogen-bond donors (Lipinski definition) is 3. The molecule has 0 fully saturated rings. The maximum atomic E-state index is 11.0. The third kappa shape index (κ3) is 2.61. The summed E-state index contributed by atoms with van der Waals surface area (Å²) in [7, 11) is 0. The van der Waals surface area contributed by atoms with E-state index < -0.39 is 4.92 Å². The zero-order valence-corrected chi connectivity index (χ0v) is 10.6. The summed E-state index contributed by atoms with van der Waals surface area (Å²) in [5, 5.41) is 21.6. The number of anilines is 2. The van der Waals surface area contributed by atoms with E-state index in [0.717, 1.165) is 0 Å². The molecule has 20 heavy (non-hydrogen) atoms. The largest absolute Gasteiger partial charge is 0.357 e. The number of nitro groups is 1. The summed E-state index contributed by atoms with van der Waals surface area (Å²) >= 11 is 0. The van der Waals surface area contributed by atoms with Crippen LogP contribution in [0.2, 0.25) is 0 Å². The number of aryl methyl sites for hydroxylation is 1. The Balaban J connectivity index is 2.23. The first-order chi connectivity index (χ1) is 9.67. The SMILES string of the molecule is CCn1cnnc1CNc1ncnc(NN)c1[N+](=O)[O-]. The standard InChI is InChI=1S/C9H13N9O2/c1-2-17-5-14-16-6(17)3-11-8-7(18(19)20)9(15-10)13-4-12-8/h4-5H,2-3,10H2,1H3,(H2,11,12,13,15). The van der Waals surface area contributed by atoms with E-state index in [4.69, 9.17) is 5.84 Å². The van der Waals surface area contributed by atoms with Gasteiger partial charge in [-0.05, 0) is 6.92 Å². The lowest BCUT2D eigenvalue weighted by Gasteiger charge is -2.08. The van der Waals surface area contributed by atoms with Crippen molar-refractivity contribution in [2.45, 2.75) is 20.0 Å². The quantitative estimate of drug-likeness (QED) is 0.374. The van der Waals surface area contributed by atoms with Gasteiger partial charge in [0.15, 0.2) is 5.82 Å². The predicted molar refractivity (Wildman–Crippen MR) is 69.5 cm³/mol. The Morgan fingerprint density at radius 3 is 2.85 bits per heavy atom. The number of nitrogens with zero attached hydrogens (tertiary/aromatic N) is 6. The smallest absolute Gasteiger partial charge is 0.354 e. The van der Waals surface area contributed by atoms with Gasteiger partial charge in [-0.1, -0.05) is 0 Å². The summed E-state index contributed by atoms with van der Waals surface area (Å²) < 4.78 is 1.81. The van der Waals surface area contributed by atoms with Gasteiger partial charge in [-0.3, -0.25) is 10.1 Å². The van der Waals surface area contributed by atoms with Gasteiger partial charge in [0.25, 0.3) is 0 Å². The minimum Gasteiger partial charge on any atom is -0.357 e. The molecule has 0 atom stereocenters. The average Bonchev–Trinajstić information content (AvgIpc) is 2.91. The molecule has 0 aliphatic heterocycles. The van der Waals surface area contributed by atoms with Crippen LogP contribution < -0.4 is 16.6 Å². The van der Waals surface area contributed by atoms with Gasteiger partial charge in [-0.2, -0.15) is 0 Å². The van der Waals surface area contributed by atoms with Crippen molar-refractivity contribution < 1.29 is 4.92 Å². The molecule has 2 aromatic rings. The van der Waals surface area contributed by atoms with Crippen molar-refractivity contribution in [1.82, 2.24) is 24.7 Å². The molecule has 0 aliphatic rings. The Labute approximate surface area is 113 Å². The van der Waals surface area contributed by atoms with Crippen molar-refractivity contribution in [3.63, 3.8) is 0 Å². The van der Waals surface area contributed by atoms with Crippen molar-refractivity contribution in [2.75, 3.05) is 10.7 Å². The number of nitrogen functional groups attached to an aromatic ring is 1. The van der Waals surface area contributed by atoms with E-state index in [1.165, 1.54) is 6.33 Å². The summed E-state index contributed by atoms with van der Waals surface area (Å²) in [4.78, 5) is 18.0. The van der Waals surface area contributed by atoms with Crippen molar-refractivity contribution in [2.24, 2.45) is 5.84 Å². The summed E-state index contributed by atoms with van der Waals surface area (Å²) in [6, 6.07) is 0. The summed E-state index contributed by atoms with van der Waals surface area (Å²) in [6.45, 7) is 2.89. The van der Waals surface area contributed by atoms with E-state index in [0.29, 0.717) is 12.4 Å². The van der Waals surface area contributed by atoms with Crippen LogP contribution in [0.25, 0.3) is 0 Å². The predicted octanol–water partition coefficient (Wildman–Crippen LogP) is -0.106. The third-order valence-corrected chi connectivity index (χ3v) is 2.59. The maximum Gasteiger partial charge on any atom is 0.354 e. The highest BCUT2D eigenvalue weighted by molar-refractivity contribution is 5.68. The van der Waals surface area contributed by atoms with E-state index >= 15 is 0 Å². The zero-order valence-electron chi connectivity index (χ0n) is 10.6. The summed E-state index contributed by atoms with van der Waals surface area (Å²) in [5.74, 6) is 5.83. The van der Waals surface area contributed by atoms with Crippen LogP contribution in [0, 0.1) is 10.1 Å². The highest BCUT2D eigenvalue weighted by atomic mass is 16.6. The van der Waals surface area contributed by atoms with Gasteiger partial charge in [0, 0.05) is 6.54 Å². The Morgan fingerprint density at radius 2 is 2.20 bits per heavy atom. The normalized spacial score (nSPS) is 10.3. The minimum atomic E-state index is -0.609. The average molecular weight is 279 g/mol. The van der Waals surface area contributed by atoms with Gasteiger partial charge in [-0.15, -0.1) is 10.2 Å². The fourth-order valence-corrected chi connectivity index (χ4v) is 1.63. The molecule has 11 heteroatoms. The van der Waals surface area contributed by atoms with Gasteiger partial charge >= 0.3 is 5.69 Å². The molecule has 0 aliphatic carbocycles. The number of hydrazine groups is 1. The number of hydrogen-bond acceptors (Lipinski definition) is 9. The molecule has 2 heterocycles. The van der Waals surface area contributed by atoms with E-state index in [9.17, 15) is 10.1 Å². The Hall–Kier alpha value is -2.82. The first-order valence-corrected chi connectivity index (χ1v) is 5.74. The lowest BCUT2D eigenvalue weighted by molar-refractivity contribution is -0.383. The van der Waals surface area contributed by atoms with Crippen molar-refractivity contribution in [3.8, 4) is 0 Å². The van der Waals surface area contributed by atoms with Crippen LogP contribution >= 0.6 is 0 Å². The molecule has 0 spiro atoms. The number of nitrogens with one attached hydrogen (secondary N) is 2. The highest BCUT2D eigenvalue weighted by Gasteiger charge is 2.22. The lowest BCUT2D eigenvalue weighted by atomic mass is 10.4. The van der Waals surface area contributed by atoms with Gasteiger partial charge < -0.3 is 15.3 Å². The van der Waals surface area contributed by atoms with E-state index in [2.05, 4.69) is 30.9 Å². The Bertz CT molecular complexity index is 611. The minimum absolute atomic E-state index is 0.0589. The van der Waals surface area contributed by atoms with Crippen LogP contribution in [0.1, 0.15) is 12.7 Å². The zero-order chi connectivity index (χ0) is 14.5. The first kappa shape index (κ1) is 13.6. The van der Waals surface area contributed by atoms with Gasteiger partial charge in [-0.25, -0.2) is 15.8 Å². The van der Waals surface area contributed by atoms with Crippen molar-refractivity contribution in [1.29, 1.82) is 0 Å². The number of nitrogens with two attached hydrogens (primary N) is 1. The molecule has 2 aromatic heterocycles. The summed E-state index contributed by atoms with van der Waals surface area (Å²) in [6.07, 6.45) is 2.76. The molecule has 106 valence electrons. The third-order valence-electron chi connectivity index (χ3n) is 2.59. The molecule has 11 nitrogen and oxygen atoms in total. The molecular weight excluding hydrogens is 266 g/mol. The molecule has 4 N–H and O–H groups in total. The van der Waals surface area contributed by atoms with Crippen LogP contribution in [0.3, 0.4) is 0 Å². The molecular formula is C9H13N9O2. The van der Waals surface area contributed by atoms with Crippen molar-refractivity contribution in [3.05, 3.63) is 28.6 Å². The fraction of sp³-hybridized carbons (Fsp3) is 0.333. The number of rotatable bonds is 6. The van der Waals surface area contributed by atoms with E-state index in [1.54, 1.807) is 6.33 Å². The topological polar surface area (TPSA) is 150 Å². The van der Waals surface area contributed by atoms with Crippen LogP contribution in [0.4, 0.5) is 17.3 Å². The summed E-state index contributed by atoms with van der Waals surface area (Å²) in [5.41, 5.74) is 1.85. The van der Waals surface area contributed by atoms with Crippen LogP contribution in [0.15, 0.2) is 12.7 Å². The number of aromatic nitrogens is 5. The maximum absolute atomic E-state index is 11.0. The van der Waals surface area contributed by atoms with Gasteiger partial charge in [0.1, 0.15) is 12.7 Å². The molecule has 0 aromatic carbocycles. The molecule has 0 saturated heterocycles. The van der Waals surface area contributed by atoms with Crippen molar-refractivity contribution >= 4 is 17.3 Å². The second kappa shape index (κ2) is 5.88. The van der Waals surface area contributed by atoms with E-state index in [-0.39, 0.29) is 23.9 Å². The van der Waals surface area contributed by atoms with Crippen LogP contribution in [-0.4, -0.2) is 29.7 Å². The van der Waals surface area contributed by atoms with Crippen LogP contribution in [-0.2, 0) is 13.1 Å².